The van der Waals surface area contributed by atoms with Crippen molar-refractivity contribution in [2.24, 2.45) is 0 Å². The summed E-state index contributed by atoms with van der Waals surface area (Å²) < 4.78 is 1.11. The van der Waals surface area contributed by atoms with E-state index in [1.165, 1.54) is 11.1 Å². The largest absolute Gasteiger partial charge is 0.345 e. The molecule has 1 N–H and O–H groups in total. The van der Waals surface area contributed by atoms with Gasteiger partial charge in [-0.25, -0.2) is 4.98 Å². The van der Waals surface area contributed by atoms with E-state index in [1.807, 2.05) is 6.20 Å². The van der Waals surface area contributed by atoms with E-state index in [0.717, 1.165) is 28.8 Å². The predicted octanol–water partition coefficient (Wildman–Crippen LogP) is 5.30. The predicted molar refractivity (Wildman–Crippen MR) is 94.1 cm³/mol. The highest BCUT2D eigenvalue weighted by atomic mass is 79.9. The average Bonchev–Trinajstić information content (AvgIpc) is 3.00. The summed E-state index contributed by atoms with van der Waals surface area (Å²) in [7, 11) is 0. The number of imidazole rings is 1. The number of nitrogens with zero attached hydrogens (tertiary/aromatic N) is 1. The number of hydrogen-bond acceptors (Lipinski definition) is 1. The molecule has 0 fully saturated rings. The third-order valence-corrected chi connectivity index (χ3v) is 4.42. The molecular weight excluding hydrogens is 336 g/mol. The van der Waals surface area contributed by atoms with Crippen molar-refractivity contribution in [1.29, 1.82) is 0 Å². The van der Waals surface area contributed by atoms with Gasteiger partial charge in [0.05, 0.1) is 0 Å². The fourth-order valence-electron chi connectivity index (χ4n) is 2.74. The Bertz CT molecular complexity index is 717. The maximum absolute atomic E-state index is 4.61. The Labute approximate surface area is 139 Å². The van der Waals surface area contributed by atoms with Crippen molar-refractivity contribution in [3.05, 3.63) is 87.9 Å². The van der Waals surface area contributed by atoms with Gasteiger partial charge in [0.15, 0.2) is 0 Å². The molecule has 0 spiro atoms. The Balaban J connectivity index is 1.79. The van der Waals surface area contributed by atoms with Gasteiger partial charge in [0.1, 0.15) is 5.82 Å². The Morgan fingerprint density at radius 2 is 1.77 bits per heavy atom. The molecule has 3 heteroatoms. The van der Waals surface area contributed by atoms with Crippen molar-refractivity contribution in [3.63, 3.8) is 0 Å². The van der Waals surface area contributed by atoms with Crippen molar-refractivity contribution < 1.29 is 0 Å². The molecule has 1 heterocycles. The topological polar surface area (TPSA) is 28.7 Å². The normalized spacial score (nSPS) is 12.3. The second-order valence-electron chi connectivity index (χ2n) is 5.47. The molecule has 1 aromatic heterocycles. The molecular formula is C19H19BrN2. The van der Waals surface area contributed by atoms with Gasteiger partial charge in [0.25, 0.3) is 0 Å². The van der Waals surface area contributed by atoms with Gasteiger partial charge in [-0.05, 0) is 29.7 Å². The third-order valence-electron chi connectivity index (χ3n) is 3.90. The first-order chi connectivity index (χ1) is 10.8. The zero-order chi connectivity index (χ0) is 15.4. The molecule has 2 aromatic carbocycles. The lowest BCUT2D eigenvalue weighted by molar-refractivity contribution is 0.727. The molecule has 1 atom stereocenters. The van der Waals surface area contributed by atoms with Gasteiger partial charge >= 0.3 is 0 Å². The van der Waals surface area contributed by atoms with E-state index in [2.05, 4.69) is 87.4 Å². The fraction of sp³-hybridized carbons (Fsp3) is 0.211. The first-order valence-corrected chi connectivity index (χ1v) is 8.38. The summed E-state index contributed by atoms with van der Waals surface area (Å²) in [5.41, 5.74) is 3.76. The van der Waals surface area contributed by atoms with Crippen LogP contribution < -0.4 is 0 Å². The van der Waals surface area contributed by atoms with E-state index in [4.69, 9.17) is 0 Å². The smallest absolute Gasteiger partial charge is 0.113 e. The molecule has 0 amide bonds. The van der Waals surface area contributed by atoms with Gasteiger partial charge in [0.2, 0.25) is 0 Å². The highest BCUT2D eigenvalue weighted by molar-refractivity contribution is 9.10. The van der Waals surface area contributed by atoms with E-state index in [-0.39, 0.29) is 0 Å². The molecule has 0 aliphatic heterocycles. The van der Waals surface area contributed by atoms with Crippen LogP contribution >= 0.6 is 15.9 Å². The van der Waals surface area contributed by atoms with E-state index < -0.39 is 0 Å². The summed E-state index contributed by atoms with van der Waals surface area (Å²) in [5.74, 6) is 1.39. The second kappa shape index (κ2) is 6.93. The molecule has 3 rings (SSSR count). The number of halogens is 1. The van der Waals surface area contributed by atoms with E-state index in [0.29, 0.717) is 5.92 Å². The van der Waals surface area contributed by atoms with Crippen LogP contribution in [0, 0.1) is 0 Å². The summed E-state index contributed by atoms with van der Waals surface area (Å²) in [6.07, 6.45) is 3.88. The van der Waals surface area contributed by atoms with Crippen LogP contribution in [0.3, 0.4) is 0 Å². The molecule has 0 radical (unpaired) electrons. The number of aromatic nitrogens is 2. The zero-order valence-electron chi connectivity index (χ0n) is 12.6. The summed E-state index contributed by atoms with van der Waals surface area (Å²) in [5, 5.41) is 0. The fourth-order valence-corrected chi connectivity index (χ4v) is 3.00. The summed E-state index contributed by atoms with van der Waals surface area (Å²) >= 11 is 3.47. The van der Waals surface area contributed by atoms with Gasteiger partial charge < -0.3 is 4.98 Å². The number of hydrogen-bond donors (Lipinski definition) is 1. The lowest BCUT2D eigenvalue weighted by Crippen LogP contribution is -2.02. The highest BCUT2D eigenvalue weighted by Crippen LogP contribution is 2.25. The number of rotatable bonds is 5. The molecule has 0 bridgehead atoms. The first kappa shape index (κ1) is 15.0. The standard InChI is InChI=1S/C19H19BrN2/c1-2-18(15-6-4-3-5-7-15)19-21-13-17(22-19)12-14-8-10-16(20)11-9-14/h3-11,13,18H,2,12H2,1H3,(H,21,22). The Morgan fingerprint density at radius 1 is 1.05 bits per heavy atom. The minimum atomic E-state index is 0.333. The van der Waals surface area contributed by atoms with E-state index >= 15 is 0 Å². The minimum absolute atomic E-state index is 0.333. The van der Waals surface area contributed by atoms with Crippen molar-refractivity contribution in [2.75, 3.05) is 0 Å². The molecule has 0 saturated heterocycles. The van der Waals surface area contributed by atoms with Gasteiger partial charge in [-0.15, -0.1) is 0 Å². The van der Waals surface area contributed by atoms with E-state index in [1.54, 1.807) is 0 Å². The summed E-state index contributed by atoms with van der Waals surface area (Å²) in [6, 6.07) is 19.0. The lowest BCUT2D eigenvalue weighted by atomic mass is 9.96. The van der Waals surface area contributed by atoms with Crippen molar-refractivity contribution in [1.82, 2.24) is 9.97 Å². The number of aromatic amines is 1. The lowest BCUT2D eigenvalue weighted by Gasteiger charge is -2.12. The second-order valence-corrected chi connectivity index (χ2v) is 6.38. The molecule has 0 aliphatic carbocycles. The van der Waals surface area contributed by atoms with Crippen LogP contribution in [0.4, 0.5) is 0 Å². The van der Waals surface area contributed by atoms with Crippen LogP contribution in [0.25, 0.3) is 0 Å². The number of nitrogens with one attached hydrogen (secondary N) is 1. The first-order valence-electron chi connectivity index (χ1n) is 7.59. The van der Waals surface area contributed by atoms with Crippen LogP contribution in [0.1, 0.15) is 41.9 Å². The van der Waals surface area contributed by atoms with Crippen molar-refractivity contribution in [3.8, 4) is 0 Å². The van der Waals surface area contributed by atoms with Gasteiger partial charge in [-0.2, -0.15) is 0 Å². The number of benzene rings is 2. The molecule has 3 aromatic rings. The van der Waals surface area contributed by atoms with Gasteiger partial charge in [0, 0.05) is 28.7 Å². The third kappa shape index (κ3) is 3.47. The van der Waals surface area contributed by atoms with Crippen LogP contribution in [-0.2, 0) is 6.42 Å². The molecule has 0 aliphatic rings. The quantitative estimate of drug-likeness (QED) is 0.661. The summed E-state index contributed by atoms with van der Waals surface area (Å²) in [4.78, 5) is 8.12. The maximum atomic E-state index is 4.61. The van der Waals surface area contributed by atoms with Crippen LogP contribution in [0.5, 0.6) is 0 Å². The van der Waals surface area contributed by atoms with Crippen molar-refractivity contribution in [2.45, 2.75) is 25.7 Å². The average molecular weight is 355 g/mol. The van der Waals surface area contributed by atoms with Crippen LogP contribution in [-0.4, -0.2) is 9.97 Å². The van der Waals surface area contributed by atoms with Crippen molar-refractivity contribution >= 4 is 15.9 Å². The van der Waals surface area contributed by atoms with Crippen LogP contribution in [0.15, 0.2) is 65.3 Å². The maximum Gasteiger partial charge on any atom is 0.113 e. The van der Waals surface area contributed by atoms with Gasteiger partial charge in [-0.1, -0.05) is 65.3 Å². The van der Waals surface area contributed by atoms with E-state index in [9.17, 15) is 0 Å². The monoisotopic (exact) mass is 354 g/mol. The minimum Gasteiger partial charge on any atom is -0.345 e. The van der Waals surface area contributed by atoms with Crippen LogP contribution in [0.2, 0.25) is 0 Å². The SMILES string of the molecule is CCC(c1ccccc1)c1ncc(Cc2ccc(Br)cc2)[nH]1. The molecule has 2 nitrogen and oxygen atoms in total. The Kier molecular flexibility index (Phi) is 4.74. The Morgan fingerprint density at radius 3 is 2.45 bits per heavy atom. The molecule has 1 unspecified atom stereocenters. The molecule has 22 heavy (non-hydrogen) atoms. The highest BCUT2D eigenvalue weighted by Gasteiger charge is 2.15. The summed E-state index contributed by atoms with van der Waals surface area (Å²) in [6.45, 7) is 2.20. The number of H-pyrrole nitrogens is 1. The Hall–Kier alpha value is -1.87. The zero-order valence-corrected chi connectivity index (χ0v) is 14.2. The van der Waals surface area contributed by atoms with Gasteiger partial charge in [-0.3, -0.25) is 0 Å². The molecule has 0 saturated carbocycles. The molecule has 112 valence electrons.